The molecule has 0 aliphatic carbocycles. The van der Waals surface area contributed by atoms with Crippen LogP contribution in [0.4, 0.5) is 0 Å². The molecular formula is C18H31N3O. The van der Waals surface area contributed by atoms with Crippen molar-refractivity contribution in [1.29, 1.82) is 5.41 Å². The Morgan fingerprint density at radius 2 is 1.91 bits per heavy atom. The maximum atomic E-state index is 7.68. The van der Waals surface area contributed by atoms with Crippen LogP contribution in [0.1, 0.15) is 6.92 Å². The van der Waals surface area contributed by atoms with E-state index in [9.17, 15) is 0 Å². The quantitative estimate of drug-likeness (QED) is 0.362. The number of nitrogens with zero attached hydrogens (tertiary/aromatic N) is 2. The molecule has 0 aromatic heterocycles. The lowest BCUT2D eigenvalue weighted by Gasteiger charge is -2.22. The average molecular weight is 305 g/mol. The third-order valence-corrected chi connectivity index (χ3v) is 3.16. The van der Waals surface area contributed by atoms with Crippen LogP contribution in [-0.4, -0.2) is 63.4 Å². The molecule has 4 heteroatoms. The van der Waals surface area contributed by atoms with Crippen molar-refractivity contribution in [2.24, 2.45) is 5.92 Å². The molecule has 0 spiro atoms. The molecule has 1 atom stereocenters. The van der Waals surface area contributed by atoms with Gasteiger partial charge in [0, 0.05) is 31.3 Å². The molecule has 0 bridgehead atoms. The zero-order valence-electron chi connectivity index (χ0n) is 14.7. The van der Waals surface area contributed by atoms with Gasteiger partial charge in [-0.3, -0.25) is 4.90 Å². The predicted octanol–water partition coefficient (Wildman–Crippen LogP) is 2.96. The van der Waals surface area contributed by atoms with Crippen molar-refractivity contribution >= 4 is 5.71 Å². The van der Waals surface area contributed by atoms with Gasteiger partial charge in [0.05, 0.1) is 12.9 Å². The number of nitrogens with one attached hydrogen (secondary N) is 1. The number of ether oxygens (including phenoxy) is 1. The Morgan fingerprint density at radius 1 is 1.27 bits per heavy atom. The highest BCUT2D eigenvalue weighted by Crippen LogP contribution is 2.13. The zero-order valence-corrected chi connectivity index (χ0v) is 14.7. The molecule has 0 heterocycles. The molecule has 4 nitrogen and oxygen atoms in total. The molecule has 0 saturated carbocycles. The summed E-state index contributed by atoms with van der Waals surface area (Å²) in [5, 5.41) is 7.68. The summed E-state index contributed by atoms with van der Waals surface area (Å²) in [7, 11) is 7.73. The molecule has 0 saturated heterocycles. The van der Waals surface area contributed by atoms with Crippen LogP contribution in [0.3, 0.4) is 0 Å². The van der Waals surface area contributed by atoms with Crippen molar-refractivity contribution < 1.29 is 4.74 Å². The summed E-state index contributed by atoms with van der Waals surface area (Å²) in [6.07, 6.45) is 7.83. The molecule has 0 aliphatic rings. The smallest absolute Gasteiger partial charge is 0.0965 e. The van der Waals surface area contributed by atoms with Crippen molar-refractivity contribution in [2.45, 2.75) is 6.92 Å². The van der Waals surface area contributed by atoms with Crippen LogP contribution in [0.5, 0.6) is 0 Å². The molecule has 22 heavy (non-hydrogen) atoms. The van der Waals surface area contributed by atoms with Crippen LogP contribution in [0.15, 0.2) is 48.8 Å². The SMILES string of the molecule is C=CC(=N)CN(C)CC(C=C/C=C(\C)CN(C)C)C(=C)OC. The van der Waals surface area contributed by atoms with Gasteiger partial charge in [-0.15, -0.1) is 0 Å². The van der Waals surface area contributed by atoms with Crippen molar-refractivity contribution in [2.75, 3.05) is 47.9 Å². The van der Waals surface area contributed by atoms with Gasteiger partial charge < -0.3 is 15.0 Å². The van der Waals surface area contributed by atoms with Crippen molar-refractivity contribution in [3.05, 3.63) is 48.8 Å². The topological polar surface area (TPSA) is 39.6 Å². The predicted molar refractivity (Wildman–Crippen MR) is 96.5 cm³/mol. The molecule has 124 valence electrons. The summed E-state index contributed by atoms with van der Waals surface area (Å²) < 4.78 is 5.29. The Bertz CT molecular complexity index is 436. The highest BCUT2D eigenvalue weighted by atomic mass is 16.5. The van der Waals surface area contributed by atoms with Crippen LogP contribution in [0.25, 0.3) is 0 Å². The molecular weight excluding hydrogens is 274 g/mol. The number of rotatable bonds is 11. The second-order valence-electron chi connectivity index (χ2n) is 5.84. The van der Waals surface area contributed by atoms with Gasteiger partial charge in [-0.05, 0) is 34.1 Å². The van der Waals surface area contributed by atoms with E-state index in [0.717, 1.165) is 18.8 Å². The molecule has 1 unspecified atom stereocenters. The van der Waals surface area contributed by atoms with E-state index in [4.69, 9.17) is 10.1 Å². The number of hydrogen-bond donors (Lipinski definition) is 1. The molecule has 0 rings (SSSR count). The van der Waals surface area contributed by atoms with Crippen LogP contribution < -0.4 is 0 Å². The third-order valence-electron chi connectivity index (χ3n) is 3.16. The summed E-state index contributed by atoms with van der Waals surface area (Å²) >= 11 is 0. The fourth-order valence-corrected chi connectivity index (χ4v) is 2.08. The monoisotopic (exact) mass is 305 g/mol. The van der Waals surface area contributed by atoms with E-state index in [1.807, 2.05) is 7.05 Å². The highest BCUT2D eigenvalue weighted by Gasteiger charge is 2.13. The lowest BCUT2D eigenvalue weighted by atomic mass is 10.1. The van der Waals surface area contributed by atoms with E-state index >= 15 is 0 Å². The van der Waals surface area contributed by atoms with Crippen LogP contribution in [0, 0.1) is 11.3 Å². The van der Waals surface area contributed by atoms with Crippen LogP contribution in [0.2, 0.25) is 0 Å². The van der Waals surface area contributed by atoms with E-state index < -0.39 is 0 Å². The average Bonchev–Trinajstić information content (AvgIpc) is 2.44. The zero-order chi connectivity index (χ0) is 17.1. The second-order valence-corrected chi connectivity index (χ2v) is 5.84. The fraction of sp³-hybridized carbons (Fsp3) is 0.500. The van der Waals surface area contributed by atoms with Crippen molar-refractivity contribution in [3.63, 3.8) is 0 Å². The van der Waals surface area contributed by atoms with E-state index in [1.165, 1.54) is 5.57 Å². The summed E-state index contributed by atoms with van der Waals surface area (Å²) in [5.74, 6) is 0.822. The molecule has 0 aromatic rings. The minimum Gasteiger partial charge on any atom is -0.501 e. The molecule has 0 aromatic carbocycles. The summed E-state index contributed by atoms with van der Waals surface area (Å²) in [4.78, 5) is 4.21. The van der Waals surface area contributed by atoms with Gasteiger partial charge in [-0.2, -0.15) is 0 Å². The Hall–Kier alpha value is -1.65. The maximum absolute atomic E-state index is 7.68. The Kier molecular flexibility index (Phi) is 10.2. The van der Waals surface area contributed by atoms with E-state index in [1.54, 1.807) is 13.2 Å². The standard InChI is InChI=1S/C18H31N3O/c1-8-18(19)14-21(6)13-17(16(3)22-7)11-9-10-15(2)12-20(4)5/h8-11,17,19H,1,3,12-14H2,2,4-7H3/b11-9?,15-10+,19-18?. The van der Waals surface area contributed by atoms with E-state index in [2.05, 4.69) is 62.2 Å². The Labute approximate surface area is 136 Å². The Morgan fingerprint density at radius 3 is 2.41 bits per heavy atom. The summed E-state index contributed by atoms with van der Waals surface area (Å²) in [5.41, 5.74) is 1.81. The number of hydrogen-bond acceptors (Lipinski definition) is 4. The van der Waals surface area contributed by atoms with Gasteiger partial charge in [-0.25, -0.2) is 0 Å². The summed E-state index contributed by atoms with van der Waals surface area (Å²) in [6, 6.07) is 0. The first-order chi connectivity index (χ1) is 10.3. The summed E-state index contributed by atoms with van der Waals surface area (Å²) in [6.45, 7) is 12.0. The largest absolute Gasteiger partial charge is 0.501 e. The van der Waals surface area contributed by atoms with Gasteiger partial charge >= 0.3 is 0 Å². The second kappa shape index (κ2) is 11.0. The third kappa shape index (κ3) is 9.32. The first kappa shape index (κ1) is 20.3. The number of likely N-dealkylation sites (N-methyl/N-ethyl adjacent to an activating group) is 1. The number of allylic oxidation sites excluding steroid dienone is 2. The normalized spacial score (nSPS) is 13.7. The van der Waals surface area contributed by atoms with E-state index in [-0.39, 0.29) is 5.92 Å². The first-order valence-corrected chi connectivity index (χ1v) is 7.40. The van der Waals surface area contributed by atoms with Crippen LogP contribution in [-0.2, 0) is 4.74 Å². The Balaban J connectivity index is 4.74. The van der Waals surface area contributed by atoms with Crippen LogP contribution >= 0.6 is 0 Å². The highest BCUT2D eigenvalue weighted by molar-refractivity contribution is 5.93. The first-order valence-electron chi connectivity index (χ1n) is 7.40. The molecule has 1 N–H and O–H groups in total. The minimum absolute atomic E-state index is 0.0935. The maximum Gasteiger partial charge on any atom is 0.0965 e. The molecule has 0 aliphatic heterocycles. The van der Waals surface area contributed by atoms with Crippen molar-refractivity contribution in [3.8, 4) is 0 Å². The lowest BCUT2D eigenvalue weighted by Crippen LogP contribution is -2.30. The fourth-order valence-electron chi connectivity index (χ4n) is 2.08. The lowest BCUT2D eigenvalue weighted by molar-refractivity contribution is 0.232. The van der Waals surface area contributed by atoms with Gasteiger partial charge in [0.15, 0.2) is 0 Å². The number of methoxy groups -OCH3 is 1. The van der Waals surface area contributed by atoms with E-state index in [0.29, 0.717) is 12.3 Å². The van der Waals surface area contributed by atoms with Gasteiger partial charge in [0.2, 0.25) is 0 Å². The van der Waals surface area contributed by atoms with Crippen molar-refractivity contribution in [1.82, 2.24) is 9.80 Å². The minimum atomic E-state index is 0.0935. The molecule has 0 fully saturated rings. The molecule has 0 amide bonds. The van der Waals surface area contributed by atoms with Gasteiger partial charge in [0.25, 0.3) is 0 Å². The molecule has 0 radical (unpaired) electrons. The van der Waals surface area contributed by atoms with Gasteiger partial charge in [-0.1, -0.05) is 37.0 Å². The van der Waals surface area contributed by atoms with Gasteiger partial charge in [0.1, 0.15) is 0 Å².